The largest absolute Gasteiger partial charge is 0.479 e. The Morgan fingerprint density at radius 3 is 2.39 bits per heavy atom. The normalized spacial score (nSPS) is 45.7. The zero-order chi connectivity index (χ0) is 27.1. The molecule has 6 fully saturated rings. The van der Waals surface area contributed by atoms with Gasteiger partial charge in [0.15, 0.2) is 11.7 Å². The molecule has 9 nitrogen and oxygen atoms in total. The average Bonchev–Trinajstić information content (AvgIpc) is 2.79. The first-order valence-electron chi connectivity index (χ1n) is 12.6. The number of rotatable bonds is 6. The van der Waals surface area contributed by atoms with Crippen LogP contribution < -0.4 is 4.74 Å². The maximum absolute atomic E-state index is 13.4. The summed E-state index contributed by atoms with van der Waals surface area (Å²) in [6.07, 6.45) is -7.34. The lowest BCUT2D eigenvalue weighted by atomic mass is 9.46. The monoisotopic (exact) mass is 564 g/mol. The first-order valence-corrected chi connectivity index (χ1v) is 13.0. The summed E-state index contributed by atoms with van der Waals surface area (Å²) in [6, 6.07) is 6.06. The van der Waals surface area contributed by atoms with E-state index in [1.54, 1.807) is 12.1 Å². The van der Waals surface area contributed by atoms with E-state index in [1.807, 2.05) is 0 Å². The molecule has 2 heterocycles. The van der Waals surface area contributed by atoms with Gasteiger partial charge in [0.1, 0.15) is 18.5 Å². The second kappa shape index (κ2) is 8.92. The lowest BCUT2D eigenvalue weighted by Gasteiger charge is -2.70. The predicted octanol–water partition coefficient (Wildman–Crippen LogP) is 3.24. The number of halogens is 4. The lowest BCUT2D eigenvalue weighted by Crippen LogP contribution is -2.78. The van der Waals surface area contributed by atoms with Gasteiger partial charge in [0.25, 0.3) is 5.79 Å². The highest BCUT2D eigenvalue weighted by molar-refractivity contribution is 6.24. The van der Waals surface area contributed by atoms with Crippen LogP contribution in [0.5, 0.6) is 5.75 Å². The first-order chi connectivity index (χ1) is 17.8. The van der Waals surface area contributed by atoms with Crippen molar-refractivity contribution in [3.8, 4) is 5.75 Å². The number of hydrogen-bond acceptors (Lipinski definition) is 8. The van der Waals surface area contributed by atoms with Gasteiger partial charge in [0, 0.05) is 16.9 Å². The molecule has 0 radical (unpaired) electrons. The van der Waals surface area contributed by atoms with E-state index in [2.05, 4.69) is 0 Å². The van der Waals surface area contributed by atoms with Crippen molar-refractivity contribution in [1.29, 1.82) is 0 Å². The number of carboxylic acid groups (broad SMARTS) is 1. The molecule has 7 atom stereocenters. The van der Waals surface area contributed by atoms with Crippen LogP contribution in [-0.4, -0.2) is 69.1 Å². The van der Waals surface area contributed by atoms with Crippen molar-refractivity contribution < 1.29 is 57.3 Å². The molecular weight excluding hydrogens is 537 g/mol. The molecule has 7 unspecified atom stereocenters. The fraction of sp³-hybridized carbons (Fsp3) is 0.720. The second-order valence-electron chi connectivity index (χ2n) is 11.2. The van der Waals surface area contributed by atoms with Gasteiger partial charge in [-0.25, -0.2) is 9.68 Å². The molecule has 0 amide bonds. The summed E-state index contributed by atoms with van der Waals surface area (Å²) < 4.78 is 56.9. The molecular formula is C25H28ClF3O9. The summed E-state index contributed by atoms with van der Waals surface area (Å²) in [5, 5.41) is 29.3. The molecule has 4 bridgehead atoms. The van der Waals surface area contributed by atoms with Crippen LogP contribution in [0.3, 0.4) is 0 Å². The number of aliphatic carboxylic acids is 1. The van der Waals surface area contributed by atoms with E-state index < -0.39 is 59.6 Å². The number of aliphatic hydroxyl groups excluding tert-OH is 2. The zero-order valence-electron chi connectivity index (χ0n) is 20.1. The summed E-state index contributed by atoms with van der Waals surface area (Å²) >= 11 is 6.89. The molecule has 0 aromatic heterocycles. The Hall–Kier alpha value is -1.67. The van der Waals surface area contributed by atoms with E-state index in [-0.39, 0.29) is 29.6 Å². The van der Waals surface area contributed by atoms with Crippen LogP contribution in [0.15, 0.2) is 24.3 Å². The van der Waals surface area contributed by atoms with Gasteiger partial charge in [-0.3, -0.25) is 0 Å². The highest BCUT2D eigenvalue weighted by atomic mass is 35.5. The Bertz CT molecular complexity index is 1090. The Morgan fingerprint density at radius 2 is 1.82 bits per heavy atom. The van der Waals surface area contributed by atoms with Gasteiger partial charge in [-0.2, -0.15) is 18.1 Å². The highest BCUT2D eigenvalue weighted by Crippen LogP contribution is 2.71. The lowest BCUT2D eigenvalue weighted by molar-refractivity contribution is -0.650. The van der Waals surface area contributed by atoms with Gasteiger partial charge >= 0.3 is 12.1 Å². The Morgan fingerprint density at radius 1 is 1.11 bits per heavy atom. The van der Waals surface area contributed by atoms with Gasteiger partial charge in [0.2, 0.25) is 6.29 Å². The minimum Gasteiger partial charge on any atom is -0.479 e. The van der Waals surface area contributed by atoms with E-state index in [9.17, 15) is 33.3 Å². The first kappa shape index (κ1) is 26.5. The predicted molar refractivity (Wildman–Crippen MR) is 121 cm³/mol. The number of benzene rings is 1. The molecule has 2 saturated heterocycles. The van der Waals surface area contributed by atoms with Crippen LogP contribution in [0.2, 0.25) is 0 Å². The Labute approximate surface area is 220 Å². The summed E-state index contributed by atoms with van der Waals surface area (Å²) in [7, 11) is 0. The number of aliphatic hydroxyl groups is 2. The highest BCUT2D eigenvalue weighted by Gasteiger charge is 2.78. The van der Waals surface area contributed by atoms with Crippen molar-refractivity contribution in [3.63, 3.8) is 0 Å². The fourth-order valence-electron chi connectivity index (χ4n) is 7.48. The summed E-state index contributed by atoms with van der Waals surface area (Å²) in [6.45, 7) is -1.56. The number of ether oxygens (including phenoxy) is 3. The Kier molecular flexibility index (Phi) is 6.23. The van der Waals surface area contributed by atoms with Crippen LogP contribution in [0.25, 0.3) is 0 Å². The summed E-state index contributed by atoms with van der Waals surface area (Å²) in [4.78, 5) is 22.3. The van der Waals surface area contributed by atoms with Gasteiger partial charge < -0.3 is 29.5 Å². The number of hydrogen-bond donors (Lipinski definition) is 3. The quantitative estimate of drug-likeness (QED) is 0.353. The van der Waals surface area contributed by atoms with Crippen LogP contribution in [0, 0.1) is 17.8 Å². The molecule has 6 aliphatic rings. The molecule has 1 aromatic carbocycles. The third kappa shape index (κ3) is 4.11. The SMILES string of the molecule is O=C(O)C1OC(Oc2cccc(C3(OCC(F)(F)F)OOC34C3CC5CC4CC(Cl)(C5)C3)c2)CC(O)C1O. The van der Waals surface area contributed by atoms with Crippen LogP contribution in [0.1, 0.15) is 44.1 Å². The van der Waals surface area contributed by atoms with Crippen LogP contribution >= 0.6 is 11.6 Å². The van der Waals surface area contributed by atoms with Crippen molar-refractivity contribution in [3.05, 3.63) is 29.8 Å². The molecule has 1 aromatic rings. The molecule has 4 saturated carbocycles. The summed E-state index contributed by atoms with van der Waals surface area (Å²) in [5.41, 5.74) is -0.921. The van der Waals surface area contributed by atoms with Crippen LogP contribution in [-0.2, 0) is 29.8 Å². The Balaban J connectivity index is 1.32. The van der Waals surface area contributed by atoms with Gasteiger partial charge in [-0.15, -0.1) is 11.6 Å². The van der Waals surface area contributed by atoms with Crippen molar-refractivity contribution in [2.24, 2.45) is 17.8 Å². The summed E-state index contributed by atoms with van der Waals surface area (Å²) in [5.74, 6) is -3.20. The minimum atomic E-state index is -4.63. The minimum absolute atomic E-state index is 0.124. The average molecular weight is 565 g/mol. The molecule has 2 aliphatic heterocycles. The third-order valence-corrected chi connectivity index (χ3v) is 9.20. The molecule has 13 heteroatoms. The topological polar surface area (TPSA) is 124 Å². The van der Waals surface area contributed by atoms with Gasteiger partial charge in [-0.05, 0) is 62.0 Å². The molecule has 38 heavy (non-hydrogen) atoms. The molecule has 7 rings (SSSR count). The van der Waals surface area contributed by atoms with Gasteiger partial charge in [-0.1, -0.05) is 12.1 Å². The maximum atomic E-state index is 13.4. The van der Waals surface area contributed by atoms with E-state index in [1.165, 1.54) is 12.1 Å². The zero-order valence-corrected chi connectivity index (χ0v) is 20.9. The third-order valence-electron chi connectivity index (χ3n) is 8.74. The molecule has 4 aliphatic carbocycles. The standard InChI is InChI=1S/C25H28ClF3O9/c26-22-8-12-4-14(9-22)24(15(5-12)10-22)25(38-37-24,34-11-23(27,28)29)13-2-1-3-16(6-13)35-18-7-17(30)19(31)20(36-18)21(32)33/h1-3,6,12,14-15,17-20,30-31H,4-5,7-11H2,(H,32,33). The fourth-order valence-corrected chi connectivity index (χ4v) is 8.07. The van der Waals surface area contributed by atoms with Crippen molar-refractivity contribution >= 4 is 17.6 Å². The van der Waals surface area contributed by atoms with E-state index >= 15 is 0 Å². The van der Waals surface area contributed by atoms with Crippen molar-refractivity contribution in [2.75, 3.05) is 6.61 Å². The van der Waals surface area contributed by atoms with E-state index in [0.29, 0.717) is 18.8 Å². The maximum Gasteiger partial charge on any atom is 0.411 e. The van der Waals surface area contributed by atoms with Crippen molar-refractivity contribution in [1.82, 2.24) is 0 Å². The van der Waals surface area contributed by atoms with Gasteiger partial charge in [0.05, 0.1) is 6.10 Å². The number of carboxylic acids is 1. The smallest absolute Gasteiger partial charge is 0.411 e. The molecule has 1 spiro atoms. The molecule has 210 valence electrons. The van der Waals surface area contributed by atoms with E-state index in [4.69, 9.17) is 35.6 Å². The van der Waals surface area contributed by atoms with Crippen molar-refractivity contribution in [2.45, 2.75) is 85.6 Å². The number of carbonyl (C=O) groups is 1. The number of alkyl halides is 4. The van der Waals surface area contributed by atoms with Crippen LogP contribution in [0.4, 0.5) is 13.2 Å². The molecule has 3 N–H and O–H groups in total. The van der Waals surface area contributed by atoms with E-state index in [0.717, 1.165) is 19.3 Å². The second-order valence-corrected chi connectivity index (χ2v) is 12.0.